The van der Waals surface area contributed by atoms with Crippen LogP contribution in [0.2, 0.25) is 0 Å². The second kappa shape index (κ2) is 8.05. The van der Waals surface area contributed by atoms with E-state index in [9.17, 15) is 14.7 Å². The van der Waals surface area contributed by atoms with Gasteiger partial charge in [-0.1, -0.05) is 18.2 Å². The van der Waals surface area contributed by atoms with Gasteiger partial charge in [0.25, 0.3) is 0 Å². The van der Waals surface area contributed by atoms with Crippen LogP contribution in [0.4, 0.5) is 5.82 Å². The van der Waals surface area contributed by atoms with Gasteiger partial charge >= 0.3 is 5.97 Å². The van der Waals surface area contributed by atoms with E-state index in [2.05, 4.69) is 4.98 Å². The van der Waals surface area contributed by atoms with E-state index in [0.29, 0.717) is 31.0 Å². The van der Waals surface area contributed by atoms with Crippen LogP contribution < -0.4 is 10.5 Å². The van der Waals surface area contributed by atoms with Gasteiger partial charge in [-0.15, -0.1) is 0 Å². The number of rotatable bonds is 6. The number of carboxylic acids is 1. The Labute approximate surface area is 157 Å². The van der Waals surface area contributed by atoms with Crippen molar-refractivity contribution < 1.29 is 19.4 Å². The van der Waals surface area contributed by atoms with Crippen molar-refractivity contribution in [1.29, 1.82) is 0 Å². The summed E-state index contributed by atoms with van der Waals surface area (Å²) in [7, 11) is 1.60. The Balaban J connectivity index is 1.70. The number of benzene rings is 1. The van der Waals surface area contributed by atoms with Crippen LogP contribution in [-0.2, 0) is 16.1 Å². The normalized spacial score (nSPS) is 16.2. The van der Waals surface area contributed by atoms with Crippen molar-refractivity contribution in [2.45, 2.75) is 12.6 Å². The Morgan fingerprint density at radius 2 is 2.15 bits per heavy atom. The number of methoxy groups -OCH3 is 1. The molecular weight excluding hydrogens is 348 g/mol. The monoisotopic (exact) mass is 370 g/mol. The lowest BCUT2D eigenvalue weighted by molar-refractivity contribution is -0.148. The van der Waals surface area contributed by atoms with Crippen molar-refractivity contribution in [2.75, 3.05) is 32.5 Å². The Hall–Kier alpha value is -3.13. The van der Waals surface area contributed by atoms with E-state index < -0.39 is 12.0 Å². The summed E-state index contributed by atoms with van der Waals surface area (Å²) in [6.07, 6.45) is 1.45. The van der Waals surface area contributed by atoms with Crippen LogP contribution in [-0.4, -0.2) is 58.5 Å². The zero-order valence-electron chi connectivity index (χ0n) is 15.0. The number of hydrogen-bond acceptors (Lipinski definition) is 6. The minimum atomic E-state index is -1.02. The third kappa shape index (κ3) is 4.35. The highest BCUT2D eigenvalue weighted by atomic mass is 16.5. The number of aliphatic carboxylic acids is 1. The summed E-state index contributed by atoms with van der Waals surface area (Å²) in [6.45, 7) is 1.40. The van der Waals surface area contributed by atoms with E-state index in [1.807, 2.05) is 24.3 Å². The largest absolute Gasteiger partial charge is 0.497 e. The molecule has 0 bridgehead atoms. The lowest BCUT2D eigenvalue weighted by Gasteiger charge is -2.37. The van der Waals surface area contributed by atoms with E-state index in [0.717, 1.165) is 11.3 Å². The summed E-state index contributed by atoms with van der Waals surface area (Å²) in [5.74, 6) is -0.0724. The topological polar surface area (TPSA) is 109 Å². The van der Waals surface area contributed by atoms with E-state index in [1.165, 1.54) is 6.20 Å². The average molecular weight is 370 g/mol. The van der Waals surface area contributed by atoms with E-state index in [4.69, 9.17) is 10.5 Å². The molecule has 27 heavy (non-hydrogen) atoms. The highest BCUT2D eigenvalue weighted by Crippen LogP contribution is 2.24. The third-order valence-corrected chi connectivity index (χ3v) is 4.58. The molecule has 1 aromatic heterocycles. The Morgan fingerprint density at radius 1 is 1.33 bits per heavy atom. The maximum atomic E-state index is 12.6. The molecule has 2 heterocycles. The molecule has 3 rings (SSSR count). The number of carbonyl (C=O) groups is 2. The van der Waals surface area contributed by atoms with Crippen LogP contribution in [0.25, 0.3) is 0 Å². The standard InChI is InChI=1S/C19H22N4O4/c1-27-15-4-2-3-13(9-15)11-22-7-8-23(12-17(22)24)18(19(25)26)14-5-6-16(20)21-10-14/h2-6,9-10,18H,7-8,11-12H2,1H3,(H2,20,21)(H,25,26). The first kappa shape index (κ1) is 18.7. The Kier molecular flexibility index (Phi) is 5.56. The van der Waals surface area contributed by atoms with E-state index in [1.54, 1.807) is 29.0 Å². The molecule has 3 N–H and O–H groups in total. The zero-order chi connectivity index (χ0) is 19.4. The van der Waals surface area contributed by atoms with Crippen LogP contribution in [0.1, 0.15) is 17.2 Å². The minimum Gasteiger partial charge on any atom is -0.497 e. The van der Waals surface area contributed by atoms with Gasteiger partial charge in [0, 0.05) is 25.8 Å². The molecule has 1 aliphatic rings. The van der Waals surface area contributed by atoms with Gasteiger partial charge in [-0.2, -0.15) is 0 Å². The predicted molar refractivity (Wildman–Crippen MR) is 99.0 cm³/mol. The number of carbonyl (C=O) groups excluding carboxylic acids is 1. The lowest BCUT2D eigenvalue weighted by atomic mass is 10.1. The van der Waals surface area contributed by atoms with Crippen LogP contribution in [0.5, 0.6) is 5.75 Å². The summed E-state index contributed by atoms with van der Waals surface area (Å²) >= 11 is 0. The van der Waals surface area contributed by atoms with Crippen LogP contribution in [0.15, 0.2) is 42.6 Å². The predicted octanol–water partition coefficient (Wildman–Crippen LogP) is 1.14. The van der Waals surface area contributed by atoms with Crippen molar-refractivity contribution in [3.05, 3.63) is 53.7 Å². The molecule has 2 aromatic rings. The van der Waals surface area contributed by atoms with Crippen molar-refractivity contribution in [2.24, 2.45) is 0 Å². The number of ether oxygens (including phenoxy) is 1. The molecule has 1 aliphatic heterocycles. The molecule has 0 saturated carbocycles. The fraction of sp³-hybridized carbons (Fsp3) is 0.316. The van der Waals surface area contributed by atoms with Gasteiger partial charge in [-0.3, -0.25) is 14.5 Å². The fourth-order valence-electron chi connectivity index (χ4n) is 3.19. The number of carboxylic acid groups (broad SMARTS) is 1. The maximum Gasteiger partial charge on any atom is 0.325 e. The van der Waals surface area contributed by atoms with Gasteiger partial charge in [-0.25, -0.2) is 4.98 Å². The average Bonchev–Trinajstić information content (AvgIpc) is 2.65. The van der Waals surface area contributed by atoms with Crippen LogP contribution in [0.3, 0.4) is 0 Å². The second-order valence-electron chi connectivity index (χ2n) is 6.39. The number of piperazine rings is 1. The zero-order valence-corrected chi connectivity index (χ0v) is 15.0. The van der Waals surface area contributed by atoms with Crippen LogP contribution >= 0.6 is 0 Å². The minimum absolute atomic E-state index is 0.0330. The number of nitrogen functional groups attached to an aromatic ring is 1. The quantitative estimate of drug-likeness (QED) is 0.785. The van der Waals surface area contributed by atoms with Crippen molar-refractivity contribution in [3.8, 4) is 5.75 Å². The lowest BCUT2D eigenvalue weighted by Crippen LogP contribution is -2.52. The molecule has 142 valence electrons. The molecular formula is C19H22N4O4. The first-order valence-electron chi connectivity index (χ1n) is 8.57. The number of pyridine rings is 1. The van der Waals surface area contributed by atoms with Crippen molar-refractivity contribution in [3.63, 3.8) is 0 Å². The number of amides is 1. The van der Waals surface area contributed by atoms with Gasteiger partial charge in [0.05, 0.1) is 13.7 Å². The fourth-order valence-corrected chi connectivity index (χ4v) is 3.19. The second-order valence-corrected chi connectivity index (χ2v) is 6.39. The molecule has 1 amide bonds. The number of nitrogens with two attached hydrogens (primary N) is 1. The molecule has 8 heteroatoms. The van der Waals surface area contributed by atoms with Gasteiger partial charge < -0.3 is 20.5 Å². The molecule has 8 nitrogen and oxygen atoms in total. The molecule has 0 radical (unpaired) electrons. The smallest absolute Gasteiger partial charge is 0.325 e. The number of hydrogen-bond donors (Lipinski definition) is 2. The Morgan fingerprint density at radius 3 is 2.78 bits per heavy atom. The summed E-state index contributed by atoms with van der Waals surface area (Å²) in [5.41, 5.74) is 7.05. The molecule has 1 fully saturated rings. The number of nitrogens with zero attached hydrogens (tertiary/aromatic N) is 3. The molecule has 1 unspecified atom stereocenters. The summed E-state index contributed by atoms with van der Waals surface area (Å²) in [4.78, 5) is 31.7. The maximum absolute atomic E-state index is 12.6. The molecule has 0 aliphatic carbocycles. The molecule has 1 saturated heterocycles. The van der Waals surface area contributed by atoms with Gasteiger partial charge in [0.15, 0.2) is 0 Å². The first-order valence-corrected chi connectivity index (χ1v) is 8.57. The first-order chi connectivity index (χ1) is 13.0. The van der Waals surface area contributed by atoms with Gasteiger partial charge in [-0.05, 0) is 29.3 Å². The van der Waals surface area contributed by atoms with Crippen molar-refractivity contribution >= 4 is 17.7 Å². The number of anilines is 1. The Bertz CT molecular complexity index is 825. The van der Waals surface area contributed by atoms with E-state index >= 15 is 0 Å². The highest BCUT2D eigenvalue weighted by molar-refractivity contribution is 5.81. The van der Waals surface area contributed by atoms with Gasteiger partial charge in [0.1, 0.15) is 17.6 Å². The third-order valence-electron chi connectivity index (χ3n) is 4.58. The van der Waals surface area contributed by atoms with E-state index in [-0.39, 0.29) is 12.5 Å². The van der Waals surface area contributed by atoms with Gasteiger partial charge in [0.2, 0.25) is 5.91 Å². The highest BCUT2D eigenvalue weighted by Gasteiger charge is 2.34. The molecule has 1 aromatic carbocycles. The summed E-state index contributed by atoms with van der Waals surface area (Å²) in [6, 6.07) is 9.81. The van der Waals surface area contributed by atoms with Crippen molar-refractivity contribution in [1.82, 2.24) is 14.8 Å². The van der Waals surface area contributed by atoms with Crippen LogP contribution in [0, 0.1) is 0 Å². The summed E-state index contributed by atoms with van der Waals surface area (Å²) < 4.78 is 5.21. The SMILES string of the molecule is COc1cccc(CN2CCN(C(C(=O)O)c3ccc(N)nc3)CC2=O)c1. The number of aromatic nitrogens is 1. The molecule has 1 atom stereocenters. The molecule has 0 spiro atoms. The summed E-state index contributed by atoms with van der Waals surface area (Å²) in [5, 5.41) is 9.65.